The van der Waals surface area contributed by atoms with E-state index in [-0.39, 0.29) is 0 Å². The van der Waals surface area contributed by atoms with Crippen LogP contribution in [0.25, 0.3) is 0 Å². The topological polar surface area (TPSA) is 63.3 Å². The molecule has 0 amide bonds. The molecule has 0 radical (unpaired) electrons. The third kappa shape index (κ3) is 1.56. The minimum Gasteiger partial charge on any atom is -0.477 e. The molecule has 0 fully saturated rings. The van der Waals surface area contributed by atoms with Gasteiger partial charge in [0, 0.05) is 12.1 Å². The van der Waals surface area contributed by atoms with Gasteiger partial charge < -0.3 is 10.8 Å². The SMILES string of the molecule is NCc1cc(F)c(C(=O)O)c(F)c1F. The smallest absolute Gasteiger partial charge is 0.341 e. The van der Waals surface area contributed by atoms with Crippen molar-refractivity contribution in [1.29, 1.82) is 0 Å². The fraction of sp³-hybridized carbons (Fsp3) is 0.125. The van der Waals surface area contributed by atoms with Crippen LogP contribution in [-0.4, -0.2) is 11.1 Å². The van der Waals surface area contributed by atoms with Gasteiger partial charge in [-0.05, 0) is 6.07 Å². The van der Waals surface area contributed by atoms with Crippen LogP contribution in [0, 0.1) is 17.5 Å². The molecule has 0 saturated carbocycles. The Kier molecular flexibility index (Phi) is 2.76. The number of benzene rings is 1. The highest BCUT2D eigenvalue weighted by atomic mass is 19.2. The van der Waals surface area contributed by atoms with E-state index in [1.165, 1.54) is 0 Å². The van der Waals surface area contributed by atoms with Crippen LogP contribution >= 0.6 is 0 Å². The number of rotatable bonds is 2. The average Bonchev–Trinajstić information content (AvgIpc) is 2.10. The molecule has 3 nitrogen and oxygen atoms in total. The fourth-order valence-corrected chi connectivity index (χ4v) is 0.989. The second-order valence-corrected chi connectivity index (χ2v) is 2.53. The number of carboxylic acid groups (broad SMARTS) is 1. The van der Waals surface area contributed by atoms with Crippen LogP contribution in [0.3, 0.4) is 0 Å². The lowest BCUT2D eigenvalue weighted by atomic mass is 10.1. The van der Waals surface area contributed by atoms with Crippen molar-refractivity contribution in [3.05, 3.63) is 34.6 Å². The van der Waals surface area contributed by atoms with E-state index in [4.69, 9.17) is 10.8 Å². The molecular weight excluding hydrogens is 199 g/mol. The van der Waals surface area contributed by atoms with Crippen molar-refractivity contribution in [3.8, 4) is 0 Å². The molecule has 1 rings (SSSR count). The lowest BCUT2D eigenvalue weighted by Gasteiger charge is -2.04. The number of hydrogen-bond donors (Lipinski definition) is 2. The molecule has 0 aromatic heterocycles. The summed E-state index contributed by atoms with van der Waals surface area (Å²) in [5.74, 6) is -6.34. The van der Waals surface area contributed by atoms with Gasteiger partial charge in [0.1, 0.15) is 11.4 Å². The quantitative estimate of drug-likeness (QED) is 0.714. The molecule has 6 heteroatoms. The van der Waals surface area contributed by atoms with E-state index in [1.54, 1.807) is 0 Å². The highest BCUT2D eigenvalue weighted by Crippen LogP contribution is 2.19. The van der Waals surface area contributed by atoms with E-state index in [0.717, 1.165) is 0 Å². The summed E-state index contributed by atoms with van der Waals surface area (Å²) in [6.45, 7) is -0.403. The zero-order chi connectivity index (χ0) is 10.9. The average molecular weight is 205 g/mol. The number of carbonyl (C=O) groups is 1. The summed E-state index contributed by atoms with van der Waals surface area (Å²) in [5.41, 5.74) is 3.29. The van der Waals surface area contributed by atoms with Gasteiger partial charge in [-0.3, -0.25) is 0 Å². The largest absolute Gasteiger partial charge is 0.477 e. The maximum atomic E-state index is 12.9. The molecule has 76 valence electrons. The van der Waals surface area contributed by atoms with Gasteiger partial charge in [-0.1, -0.05) is 0 Å². The lowest BCUT2D eigenvalue weighted by Crippen LogP contribution is -2.11. The Bertz CT molecular complexity index is 393. The second-order valence-electron chi connectivity index (χ2n) is 2.53. The number of aromatic carboxylic acids is 1. The van der Waals surface area contributed by atoms with E-state index in [9.17, 15) is 18.0 Å². The lowest BCUT2D eigenvalue weighted by molar-refractivity contribution is 0.0685. The normalized spacial score (nSPS) is 10.3. The van der Waals surface area contributed by atoms with Crippen molar-refractivity contribution in [2.45, 2.75) is 6.54 Å². The molecule has 0 bridgehead atoms. The van der Waals surface area contributed by atoms with Gasteiger partial charge in [0.2, 0.25) is 0 Å². The van der Waals surface area contributed by atoms with Crippen LogP contribution in [0.2, 0.25) is 0 Å². The number of nitrogens with two attached hydrogens (primary N) is 1. The van der Waals surface area contributed by atoms with Gasteiger partial charge in [-0.15, -0.1) is 0 Å². The first-order chi connectivity index (χ1) is 6.49. The van der Waals surface area contributed by atoms with Crippen molar-refractivity contribution >= 4 is 5.97 Å². The van der Waals surface area contributed by atoms with Crippen molar-refractivity contribution in [3.63, 3.8) is 0 Å². The molecule has 0 aliphatic carbocycles. The molecule has 1 aromatic rings. The molecule has 0 atom stereocenters. The van der Waals surface area contributed by atoms with E-state index in [2.05, 4.69) is 0 Å². The van der Waals surface area contributed by atoms with Crippen LogP contribution in [0.15, 0.2) is 6.07 Å². The first kappa shape index (κ1) is 10.5. The summed E-state index contributed by atoms with van der Waals surface area (Å²) in [6, 6.07) is 0.571. The van der Waals surface area contributed by atoms with Gasteiger partial charge in [0.05, 0.1) is 0 Å². The zero-order valence-corrected chi connectivity index (χ0v) is 6.85. The summed E-state index contributed by atoms with van der Waals surface area (Å²) < 4.78 is 38.7. The standard InChI is InChI=1S/C8H6F3NO2/c9-4-1-3(2-12)6(10)7(11)5(4)8(13)14/h1H,2,12H2,(H,13,14). The molecule has 0 aliphatic rings. The Labute approximate surface area is 77.0 Å². The van der Waals surface area contributed by atoms with Gasteiger partial charge in [-0.2, -0.15) is 0 Å². The summed E-state index contributed by atoms with van der Waals surface area (Å²) in [4.78, 5) is 10.3. The Balaban J connectivity index is 3.49. The third-order valence-corrected chi connectivity index (χ3v) is 1.67. The fourth-order valence-electron chi connectivity index (χ4n) is 0.989. The molecule has 0 aliphatic heterocycles. The van der Waals surface area contributed by atoms with E-state index < -0.39 is 41.1 Å². The third-order valence-electron chi connectivity index (χ3n) is 1.67. The first-order valence-electron chi connectivity index (χ1n) is 3.58. The Hall–Kier alpha value is -1.56. The van der Waals surface area contributed by atoms with Crippen LogP contribution in [-0.2, 0) is 6.54 Å². The summed E-state index contributed by atoms with van der Waals surface area (Å²) in [6.07, 6.45) is 0. The summed E-state index contributed by atoms with van der Waals surface area (Å²) >= 11 is 0. The minimum atomic E-state index is -1.86. The van der Waals surface area contributed by atoms with Gasteiger partial charge in [-0.25, -0.2) is 18.0 Å². The molecule has 0 heterocycles. The first-order valence-corrected chi connectivity index (χ1v) is 3.58. The summed E-state index contributed by atoms with van der Waals surface area (Å²) in [7, 11) is 0. The highest BCUT2D eigenvalue weighted by Gasteiger charge is 2.22. The summed E-state index contributed by atoms with van der Waals surface area (Å²) in [5, 5.41) is 8.36. The van der Waals surface area contributed by atoms with Crippen molar-refractivity contribution in [2.24, 2.45) is 5.73 Å². The maximum Gasteiger partial charge on any atom is 0.341 e. The highest BCUT2D eigenvalue weighted by molar-refractivity contribution is 5.88. The van der Waals surface area contributed by atoms with E-state index in [1.807, 2.05) is 0 Å². The monoisotopic (exact) mass is 205 g/mol. The predicted molar refractivity (Wildman–Crippen MR) is 41.2 cm³/mol. The van der Waals surface area contributed by atoms with E-state index in [0.29, 0.717) is 6.07 Å². The Morgan fingerprint density at radius 3 is 2.36 bits per heavy atom. The van der Waals surface area contributed by atoms with Crippen molar-refractivity contribution in [1.82, 2.24) is 0 Å². The van der Waals surface area contributed by atoms with Crippen LogP contribution < -0.4 is 5.73 Å². The van der Waals surface area contributed by atoms with Crippen LogP contribution in [0.4, 0.5) is 13.2 Å². The van der Waals surface area contributed by atoms with Crippen molar-refractivity contribution in [2.75, 3.05) is 0 Å². The van der Waals surface area contributed by atoms with Gasteiger partial charge in [0.15, 0.2) is 11.6 Å². The molecular formula is C8H6F3NO2. The minimum absolute atomic E-state index is 0.398. The number of halogens is 3. The van der Waals surface area contributed by atoms with Gasteiger partial charge in [0.25, 0.3) is 0 Å². The van der Waals surface area contributed by atoms with E-state index >= 15 is 0 Å². The Morgan fingerprint density at radius 2 is 1.93 bits per heavy atom. The molecule has 0 unspecified atom stereocenters. The molecule has 1 aromatic carbocycles. The van der Waals surface area contributed by atoms with Crippen molar-refractivity contribution < 1.29 is 23.1 Å². The molecule has 0 saturated heterocycles. The molecule has 0 spiro atoms. The van der Waals surface area contributed by atoms with Crippen LogP contribution in [0.5, 0.6) is 0 Å². The predicted octanol–water partition coefficient (Wildman–Crippen LogP) is 1.26. The zero-order valence-electron chi connectivity index (χ0n) is 6.85. The molecule has 3 N–H and O–H groups in total. The van der Waals surface area contributed by atoms with Gasteiger partial charge >= 0.3 is 5.97 Å². The number of carboxylic acids is 1. The maximum absolute atomic E-state index is 12.9. The Morgan fingerprint density at radius 1 is 1.36 bits per heavy atom. The second kappa shape index (κ2) is 3.67. The number of hydrogen-bond acceptors (Lipinski definition) is 2. The molecule has 14 heavy (non-hydrogen) atoms. The van der Waals surface area contributed by atoms with Crippen LogP contribution in [0.1, 0.15) is 15.9 Å².